The fourth-order valence-corrected chi connectivity index (χ4v) is 2.75. The van der Waals surface area contributed by atoms with Crippen molar-refractivity contribution < 1.29 is 14.1 Å². The molecule has 0 fully saturated rings. The lowest BCUT2D eigenvalue weighted by atomic mass is 10.2. The van der Waals surface area contributed by atoms with Gasteiger partial charge < -0.3 is 14.6 Å². The van der Waals surface area contributed by atoms with Crippen molar-refractivity contribution in [3.63, 3.8) is 0 Å². The standard InChI is InChI=1S/C21H19ClN4O3/c1-2-3-4-20-25-21(26-29-20)14-6-9-17(10-7-14)28-13-19(27)24-16-8-5-15(12-23)18(22)11-16/h5-11H,2-4,13H2,1H3,(H,24,27). The number of ether oxygens (including phenoxy) is 1. The topological polar surface area (TPSA) is 101 Å². The van der Waals surface area contributed by atoms with Crippen LogP contribution in [0.4, 0.5) is 5.69 Å². The summed E-state index contributed by atoms with van der Waals surface area (Å²) >= 11 is 5.96. The number of aryl methyl sites for hydroxylation is 1. The number of rotatable bonds is 8. The summed E-state index contributed by atoms with van der Waals surface area (Å²) in [6.07, 6.45) is 2.84. The molecule has 1 aromatic heterocycles. The third-order valence-corrected chi connectivity index (χ3v) is 4.38. The average Bonchev–Trinajstić information content (AvgIpc) is 3.20. The Hall–Kier alpha value is -3.37. The van der Waals surface area contributed by atoms with Gasteiger partial charge in [0, 0.05) is 17.7 Å². The van der Waals surface area contributed by atoms with Crippen LogP contribution in [-0.4, -0.2) is 22.7 Å². The first-order valence-electron chi connectivity index (χ1n) is 9.14. The smallest absolute Gasteiger partial charge is 0.262 e. The molecule has 0 radical (unpaired) electrons. The molecule has 3 rings (SSSR count). The van der Waals surface area contributed by atoms with E-state index in [2.05, 4.69) is 22.4 Å². The van der Waals surface area contributed by atoms with Crippen LogP contribution in [-0.2, 0) is 11.2 Å². The first-order chi connectivity index (χ1) is 14.1. The Morgan fingerprint density at radius 3 is 2.76 bits per heavy atom. The highest BCUT2D eigenvalue weighted by atomic mass is 35.5. The second kappa shape index (κ2) is 9.71. The summed E-state index contributed by atoms with van der Waals surface area (Å²) < 4.78 is 10.7. The van der Waals surface area contributed by atoms with E-state index < -0.39 is 0 Å². The van der Waals surface area contributed by atoms with E-state index in [1.54, 1.807) is 24.3 Å². The van der Waals surface area contributed by atoms with Gasteiger partial charge in [-0.2, -0.15) is 10.2 Å². The van der Waals surface area contributed by atoms with E-state index in [-0.39, 0.29) is 17.5 Å². The minimum Gasteiger partial charge on any atom is -0.484 e. The number of halogens is 1. The van der Waals surface area contributed by atoms with Gasteiger partial charge in [0.15, 0.2) is 6.61 Å². The van der Waals surface area contributed by atoms with E-state index >= 15 is 0 Å². The SMILES string of the molecule is CCCCc1nc(-c2ccc(OCC(=O)Nc3ccc(C#N)c(Cl)c3)cc2)no1. The predicted octanol–water partition coefficient (Wildman–Crippen LogP) is 4.62. The van der Waals surface area contributed by atoms with Crippen LogP contribution in [0, 0.1) is 11.3 Å². The molecule has 0 aliphatic heterocycles. The molecule has 0 unspecified atom stereocenters. The molecule has 8 heteroatoms. The first-order valence-corrected chi connectivity index (χ1v) is 9.52. The van der Waals surface area contributed by atoms with Crippen LogP contribution >= 0.6 is 11.6 Å². The van der Waals surface area contributed by atoms with E-state index in [0.717, 1.165) is 24.8 Å². The number of unbranched alkanes of at least 4 members (excludes halogenated alkanes) is 1. The molecule has 1 amide bonds. The number of nitrogens with one attached hydrogen (secondary N) is 1. The number of amides is 1. The third-order valence-electron chi connectivity index (χ3n) is 4.07. The molecule has 29 heavy (non-hydrogen) atoms. The van der Waals surface area contributed by atoms with Crippen molar-refractivity contribution >= 4 is 23.2 Å². The average molecular weight is 411 g/mol. The molecule has 148 valence electrons. The Kier molecular flexibility index (Phi) is 6.82. The van der Waals surface area contributed by atoms with Crippen molar-refractivity contribution in [2.24, 2.45) is 0 Å². The van der Waals surface area contributed by atoms with Crippen molar-refractivity contribution in [2.75, 3.05) is 11.9 Å². The number of nitrogens with zero attached hydrogens (tertiary/aromatic N) is 3. The van der Waals surface area contributed by atoms with Gasteiger partial charge in [0.05, 0.1) is 10.6 Å². The van der Waals surface area contributed by atoms with Crippen LogP contribution in [0.25, 0.3) is 11.4 Å². The molecule has 0 bridgehead atoms. The molecule has 0 atom stereocenters. The second-order valence-corrected chi connectivity index (χ2v) is 6.69. The van der Waals surface area contributed by atoms with Crippen LogP contribution in [0.1, 0.15) is 31.2 Å². The Morgan fingerprint density at radius 2 is 2.07 bits per heavy atom. The maximum atomic E-state index is 12.1. The highest BCUT2D eigenvalue weighted by molar-refractivity contribution is 6.32. The quantitative estimate of drug-likeness (QED) is 0.581. The minimum absolute atomic E-state index is 0.166. The van der Waals surface area contributed by atoms with E-state index in [4.69, 9.17) is 26.1 Å². The molecule has 3 aromatic rings. The summed E-state index contributed by atoms with van der Waals surface area (Å²) in [6, 6.07) is 13.7. The predicted molar refractivity (Wildman–Crippen MR) is 109 cm³/mol. The summed E-state index contributed by atoms with van der Waals surface area (Å²) in [4.78, 5) is 16.4. The molecule has 1 heterocycles. The Morgan fingerprint density at radius 1 is 1.28 bits per heavy atom. The van der Waals surface area contributed by atoms with Gasteiger partial charge in [0.1, 0.15) is 11.8 Å². The number of benzene rings is 2. The fourth-order valence-electron chi connectivity index (χ4n) is 2.53. The van der Waals surface area contributed by atoms with Crippen LogP contribution in [0.5, 0.6) is 5.75 Å². The van der Waals surface area contributed by atoms with Crippen molar-refractivity contribution in [1.29, 1.82) is 5.26 Å². The lowest BCUT2D eigenvalue weighted by Crippen LogP contribution is -2.20. The maximum absolute atomic E-state index is 12.1. The van der Waals surface area contributed by atoms with Gasteiger partial charge in [-0.1, -0.05) is 30.1 Å². The van der Waals surface area contributed by atoms with Gasteiger partial charge in [-0.05, 0) is 48.9 Å². The Labute approximate surface area is 173 Å². The van der Waals surface area contributed by atoms with Gasteiger partial charge in [0.25, 0.3) is 5.91 Å². The zero-order chi connectivity index (χ0) is 20.6. The summed E-state index contributed by atoms with van der Waals surface area (Å²) in [6.45, 7) is 1.94. The van der Waals surface area contributed by atoms with Crippen molar-refractivity contribution in [3.8, 4) is 23.2 Å². The third kappa shape index (κ3) is 5.56. The molecule has 0 saturated carbocycles. The van der Waals surface area contributed by atoms with Gasteiger partial charge >= 0.3 is 0 Å². The zero-order valence-corrected chi connectivity index (χ0v) is 16.6. The molecule has 0 aliphatic carbocycles. The van der Waals surface area contributed by atoms with Gasteiger partial charge in [-0.3, -0.25) is 4.79 Å². The van der Waals surface area contributed by atoms with Gasteiger partial charge in [-0.15, -0.1) is 0 Å². The van der Waals surface area contributed by atoms with Crippen LogP contribution in [0.15, 0.2) is 47.0 Å². The largest absolute Gasteiger partial charge is 0.484 e. The lowest BCUT2D eigenvalue weighted by molar-refractivity contribution is -0.118. The molecular weight excluding hydrogens is 392 g/mol. The van der Waals surface area contributed by atoms with Crippen molar-refractivity contribution in [1.82, 2.24) is 10.1 Å². The lowest BCUT2D eigenvalue weighted by Gasteiger charge is -2.08. The maximum Gasteiger partial charge on any atom is 0.262 e. The number of carbonyl (C=O) groups excluding carboxylic acids is 1. The minimum atomic E-state index is -0.339. The summed E-state index contributed by atoms with van der Waals surface area (Å²) in [5, 5.41) is 15.8. The molecular formula is C21H19ClN4O3. The molecule has 0 spiro atoms. The van der Waals surface area contributed by atoms with E-state index in [0.29, 0.717) is 28.7 Å². The number of aromatic nitrogens is 2. The molecule has 1 N–H and O–H groups in total. The van der Waals surface area contributed by atoms with Crippen LogP contribution in [0.3, 0.4) is 0 Å². The van der Waals surface area contributed by atoms with E-state index in [1.807, 2.05) is 18.2 Å². The van der Waals surface area contributed by atoms with Crippen molar-refractivity contribution in [2.45, 2.75) is 26.2 Å². The Bertz CT molecular complexity index is 1030. The van der Waals surface area contributed by atoms with Crippen LogP contribution in [0.2, 0.25) is 5.02 Å². The summed E-state index contributed by atoms with van der Waals surface area (Å²) in [7, 11) is 0. The highest BCUT2D eigenvalue weighted by Crippen LogP contribution is 2.22. The zero-order valence-electron chi connectivity index (χ0n) is 15.8. The number of hydrogen-bond donors (Lipinski definition) is 1. The molecule has 2 aromatic carbocycles. The van der Waals surface area contributed by atoms with E-state index in [9.17, 15) is 4.79 Å². The molecule has 0 saturated heterocycles. The number of anilines is 1. The summed E-state index contributed by atoms with van der Waals surface area (Å²) in [5.41, 5.74) is 1.65. The number of nitriles is 1. The fraction of sp³-hybridized carbons (Fsp3) is 0.238. The number of hydrogen-bond acceptors (Lipinski definition) is 6. The highest BCUT2D eigenvalue weighted by Gasteiger charge is 2.10. The van der Waals surface area contributed by atoms with Gasteiger partial charge in [0.2, 0.25) is 11.7 Å². The van der Waals surface area contributed by atoms with Gasteiger partial charge in [-0.25, -0.2) is 0 Å². The Balaban J connectivity index is 1.53. The summed E-state index contributed by atoms with van der Waals surface area (Å²) in [5.74, 6) is 1.35. The normalized spacial score (nSPS) is 10.4. The molecule has 0 aliphatic rings. The monoisotopic (exact) mass is 410 g/mol. The molecule has 7 nitrogen and oxygen atoms in total. The number of carbonyl (C=O) groups is 1. The van der Waals surface area contributed by atoms with Crippen molar-refractivity contribution in [3.05, 3.63) is 58.9 Å². The van der Waals surface area contributed by atoms with Crippen LogP contribution < -0.4 is 10.1 Å². The second-order valence-electron chi connectivity index (χ2n) is 6.28. The first kappa shape index (κ1) is 20.4. The van der Waals surface area contributed by atoms with E-state index in [1.165, 1.54) is 6.07 Å².